The van der Waals surface area contributed by atoms with E-state index in [0.717, 1.165) is 17.7 Å². The second-order valence-corrected chi connectivity index (χ2v) is 5.30. The summed E-state index contributed by atoms with van der Waals surface area (Å²) in [7, 11) is 0. The van der Waals surface area contributed by atoms with Gasteiger partial charge in [0.2, 0.25) is 0 Å². The van der Waals surface area contributed by atoms with Gasteiger partial charge in [0.05, 0.1) is 13.2 Å². The Labute approximate surface area is 126 Å². The van der Waals surface area contributed by atoms with Gasteiger partial charge in [-0.3, -0.25) is 0 Å². The fourth-order valence-electron chi connectivity index (χ4n) is 1.68. The summed E-state index contributed by atoms with van der Waals surface area (Å²) in [4.78, 5) is 0. The average Bonchev–Trinajstić information content (AvgIpc) is 2.49. The molecule has 0 heterocycles. The molecule has 0 fully saturated rings. The Kier molecular flexibility index (Phi) is 8.12. The van der Waals surface area contributed by atoms with Gasteiger partial charge in [0.1, 0.15) is 24.2 Å². The Balaban J connectivity index is 2.78. The molecule has 120 valence electrons. The minimum absolute atomic E-state index is 0.0579. The van der Waals surface area contributed by atoms with Crippen LogP contribution in [-0.4, -0.2) is 42.2 Å². The van der Waals surface area contributed by atoms with Crippen LogP contribution in [0.15, 0.2) is 18.2 Å². The maximum Gasteiger partial charge on any atom is 0.127 e. The molecule has 0 aliphatic heterocycles. The third kappa shape index (κ3) is 6.80. The maximum atomic E-state index is 9.42. The van der Waals surface area contributed by atoms with Gasteiger partial charge in [-0.15, -0.1) is 0 Å². The van der Waals surface area contributed by atoms with E-state index in [9.17, 15) is 5.11 Å². The first-order valence-corrected chi connectivity index (χ1v) is 7.47. The Bertz CT molecular complexity index is 409. The van der Waals surface area contributed by atoms with Crippen molar-refractivity contribution in [1.82, 2.24) is 5.32 Å². The van der Waals surface area contributed by atoms with Crippen LogP contribution in [0.2, 0.25) is 0 Å². The van der Waals surface area contributed by atoms with Gasteiger partial charge in [0.15, 0.2) is 0 Å². The molecular formula is C16H27NO4. The molecule has 0 aliphatic rings. The lowest BCUT2D eigenvalue weighted by molar-refractivity contribution is 0.0531. The predicted molar refractivity (Wildman–Crippen MR) is 82.8 cm³/mol. The molecule has 0 saturated carbocycles. The fraction of sp³-hybridized carbons (Fsp3) is 0.625. The topological polar surface area (TPSA) is 71.0 Å². The predicted octanol–water partition coefficient (Wildman–Crippen LogP) is 1.71. The first-order valence-electron chi connectivity index (χ1n) is 7.47. The average molecular weight is 297 g/mol. The van der Waals surface area contributed by atoms with Crippen molar-refractivity contribution in [3.05, 3.63) is 23.8 Å². The van der Waals surface area contributed by atoms with E-state index in [-0.39, 0.29) is 13.2 Å². The largest absolute Gasteiger partial charge is 0.493 e. The van der Waals surface area contributed by atoms with Gasteiger partial charge >= 0.3 is 0 Å². The fourth-order valence-corrected chi connectivity index (χ4v) is 1.68. The van der Waals surface area contributed by atoms with E-state index in [1.54, 1.807) is 0 Å². The van der Waals surface area contributed by atoms with Crippen molar-refractivity contribution < 1.29 is 19.7 Å². The van der Waals surface area contributed by atoms with Gasteiger partial charge < -0.3 is 25.0 Å². The van der Waals surface area contributed by atoms with Crippen molar-refractivity contribution in [3.8, 4) is 11.5 Å². The molecule has 0 saturated heterocycles. The normalized spacial score (nSPS) is 12.5. The van der Waals surface area contributed by atoms with Crippen molar-refractivity contribution in [2.24, 2.45) is 0 Å². The van der Waals surface area contributed by atoms with Crippen LogP contribution < -0.4 is 14.8 Å². The number of rotatable bonds is 10. The van der Waals surface area contributed by atoms with Crippen molar-refractivity contribution in [1.29, 1.82) is 0 Å². The number of nitrogens with one attached hydrogen (secondary N) is 1. The Morgan fingerprint density at radius 3 is 2.62 bits per heavy atom. The zero-order valence-corrected chi connectivity index (χ0v) is 13.1. The van der Waals surface area contributed by atoms with E-state index in [1.807, 2.05) is 18.2 Å². The number of benzene rings is 1. The molecule has 0 bridgehead atoms. The van der Waals surface area contributed by atoms with Crippen LogP contribution in [0.3, 0.4) is 0 Å². The van der Waals surface area contributed by atoms with Crippen molar-refractivity contribution >= 4 is 0 Å². The van der Waals surface area contributed by atoms with Crippen LogP contribution >= 0.6 is 0 Å². The molecule has 5 nitrogen and oxygen atoms in total. The third-order valence-electron chi connectivity index (χ3n) is 2.85. The Hall–Kier alpha value is -1.30. The summed E-state index contributed by atoms with van der Waals surface area (Å²) in [6.45, 7) is 7.28. The monoisotopic (exact) mass is 297 g/mol. The van der Waals surface area contributed by atoms with Crippen molar-refractivity contribution in [2.75, 3.05) is 19.8 Å². The smallest absolute Gasteiger partial charge is 0.127 e. The van der Waals surface area contributed by atoms with E-state index in [1.165, 1.54) is 0 Å². The minimum atomic E-state index is -0.879. The quantitative estimate of drug-likeness (QED) is 0.613. The standard InChI is InChI=1S/C16H27NO4/c1-4-7-20-15-6-5-13(9-17-12(2)3)16(8-15)21-11-14(19)10-18/h5-6,8,12,14,17-19H,4,7,9-11H2,1-3H3. The molecule has 0 aromatic heterocycles. The highest BCUT2D eigenvalue weighted by molar-refractivity contribution is 5.40. The van der Waals surface area contributed by atoms with Crippen LogP contribution in [0.5, 0.6) is 11.5 Å². The molecule has 5 heteroatoms. The molecule has 1 aromatic rings. The van der Waals surface area contributed by atoms with E-state index in [2.05, 4.69) is 26.1 Å². The highest BCUT2D eigenvalue weighted by atomic mass is 16.5. The van der Waals surface area contributed by atoms with Gasteiger partial charge in [-0.05, 0) is 12.5 Å². The molecular weight excluding hydrogens is 270 g/mol. The Morgan fingerprint density at radius 2 is 2.00 bits per heavy atom. The molecule has 1 atom stereocenters. The van der Waals surface area contributed by atoms with E-state index < -0.39 is 6.10 Å². The first-order chi connectivity index (χ1) is 10.1. The van der Waals surface area contributed by atoms with Gasteiger partial charge in [-0.1, -0.05) is 26.8 Å². The summed E-state index contributed by atoms with van der Waals surface area (Å²) in [5.41, 5.74) is 0.998. The van der Waals surface area contributed by atoms with Crippen LogP contribution in [0, 0.1) is 0 Å². The lowest BCUT2D eigenvalue weighted by Gasteiger charge is -2.16. The number of ether oxygens (including phenoxy) is 2. The van der Waals surface area contributed by atoms with Crippen molar-refractivity contribution in [2.45, 2.75) is 45.9 Å². The zero-order valence-electron chi connectivity index (χ0n) is 13.1. The summed E-state index contributed by atoms with van der Waals surface area (Å²) in [5, 5.41) is 21.6. The molecule has 0 aliphatic carbocycles. The molecule has 0 spiro atoms. The molecule has 21 heavy (non-hydrogen) atoms. The number of aliphatic hydroxyl groups is 2. The van der Waals surface area contributed by atoms with Gasteiger partial charge in [0.25, 0.3) is 0 Å². The molecule has 3 N–H and O–H groups in total. The molecule has 1 aromatic carbocycles. The molecule has 0 amide bonds. The van der Waals surface area contributed by atoms with Crippen LogP contribution in [-0.2, 0) is 6.54 Å². The van der Waals surface area contributed by atoms with Gasteiger partial charge in [-0.2, -0.15) is 0 Å². The first kappa shape index (κ1) is 17.8. The summed E-state index contributed by atoms with van der Waals surface area (Å²) >= 11 is 0. The summed E-state index contributed by atoms with van der Waals surface area (Å²) in [5.74, 6) is 1.42. The van der Waals surface area contributed by atoms with Gasteiger partial charge in [-0.25, -0.2) is 0 Å². The summed E-state index contributed by atoms with van der Waals surface area (Å²) in [6.07, 6.45) is 0.0620. The molecule has 1 rings (SSSR count). The summed E-state index contributed by atoms with van der Waals surface area (Å²) < 4.78 is 11.2. The minimum Gasteiger partial charge on any atom is -0.493 e. The second kappa shape index (κ2) is 9.60. The maximum absolute atomic E-state index is 9.42. The third-order valence-corrected chi connectivity index (χ3v) is 2.85. The van der Waals surface area contributed by atoms with E-state index in [0.29, 0.717) is 24.9 Å². The SMILES string of the molecule is CCCOc1ccc(CNC(C)C)c(OCC(O)CO)c1. The van der Waals surface area contributed by atoms with Crippen LogP contribution in [0.4, 0.5) is 0 Å². The highest BCUT2D eigenvalue weighted by Gasteiger charge is 2.10. The Morgan fingerprint density at radius 1 is 1.24 bits per heavy atom. The van der Waals surface area contributed by atoms with E-state index >= 15 is 0 Å². The lowest BCUT2D eigenvalue weighted by Crippen LogP contribution is -2.24. The summed E-state index contributed by atoms with van der Waals surface area (Å²) in [6, 6.07) is 6.08. The lowest BCUT2D eigenvalue weighted by atomic mass is 10.1. The van der Waals surface area contributed by atoms with Crippen molar-refractivity contribution in [3.63, 3.8) is 0 Å². The number of aliphatic hydroxyl groups excluding tert-OH is 2. The number of hydrogen-bond donors (Lipinski definition) is 3. The van der Waals surface area contributed by atoms with Crippen LogP contribution in [0.1, 0.15) is 32.8 Å². The van der Waals surface area contributed by atoms with Gasteiger partial charge in [0, 0.05) is 24.2 Å². The number of hydrogen-bond acceptors (Lipinski definition) is 5. The molecule has 1 unspecified atom stereocenters. The van der Waals surface area contributed by atoms with E-state index in [4.69, 9.17) is 14.6 Å². The highest BCUT2D eigenvalue weighted by Crippen LogP contribution is 2.25. The second-order valence-electron chi connectivity index (χ2n) is 5.30. The zero-order chi connectivity index (χ0) is 15.7. The van der Waals surface area contributed by atoms with Crippen LogP contribution in [0.25, 0.3) is 0 Å². The molecule has 0 radical (unpaired) electrons.